The van der Waals surface area contributed by atoms with E-state index in [0.29, 0.717) is 19.0 Å². The maximum Gasteiger partial charge on any atom is 0.243 e. The molecule has 0 saturated carbocycles. The molecule has 0 aliphatic carbocycles. The van der Waals surface area contributed by atoms with Gasteiger partial charge in [-0.2, -0.15) is 0 Å². The molecule has 4 heteroatoms. The van der Waals surface area contributed by atoms with Crippen LogP contribution in [0, 0.1) is 0 Å². The SMILES string of the molecule is CCOc1ccc(/C=C/C(=O)NC)cc1OCC. The van der Waals surface area contributed by atoms with E-state index in [-0.39, 0.29) is 5.91 Å². The fourth-order valence-electron chi connectivity index (χ4n) is 1.43. The molecule has 0 fully saturated rings. The number of benzene rings is 1. The number of carbonyl (C=O) groups is 1. The maximum absolute atomic E-state index is 11.1. The van der Waals surface area contributed by atoms with Gasteiger partial charge in [0.2, 0.25) is 5.91 Å². The van der Waals surface area contributed by atoms with Crippen molar-refractivity contribution in [2.75, 3.05) is 20.3 Å². The minimum atomic E-state index is -0.137. The lowest BCUT2D eigenvalue weighted by atomic mass is 10.2. The molecule has 0 atom stereocenters. The van der Waals surface area contributed by atoms with E-state index < -0.39 is 0 Å². The highest BCUT2D eigenvalue weighted by molar-refractivity contribution is 5.91. The molecule has 18 heavy (non-hydrogen) atoms. The van der Waals surface area contributed by atoms with Crippen molar-refractivity contribution in [1.29, 1.82) is 0 Å². The number of hydrogen-bond donors (Lipinski definition) is 1. The first-order chi connectivity index (χ1) is 8.71. The molecule has 98 valence electrons. The number of rotatable bonds is 6. The van der Waals surface area contributed by atoms with Crippen molar-refractivity contribution in [1.82, 2.24) is 5.32 Å². The Morgan fingerprint density at radius 3 is 2.50 bits per heavy atom. The van der Waals surface area contributed by atoms with E-state index in [9.17, 15) is 4.79 Å². The van der Waals surface area contributed by atoms with E-state index in [2.05, 4.69) is 5.32 Å². The summed E-state index contributed by atoms with van der Waals surface area (Å²) in [5, 5.41) is 2.52. The number of carbonyl (C=O) groups excluding carboxylic acids is 1. The minimum Gasteiger partial charge on any atom is -0.490 e. The normalized spacial score (nSPS) is 10.4. The molecule has 1 aromatic rings. The predicted octanol–water partition coefficient (Wildman–Crippen LogP) is 2.24. The molecule has 0 aliphatic rings. The summed E-state index contributed by atoms with van der Waals surface area (Å²) in [6.07, 6.45) is 3.21. The molecule has 0 unspecified atom stereocenters. The molecule has 1 amide bonds. The zero-order valence-electron chi connectivity index (χ0n) is 11.0. The molecule has 0 spiro atoms. The maximum atomic E-state index is 11.1. The smallest absolute Gasteiger partial charge is 0.243 e. The quantitative estimate of drug-likeness (QED) is 0.786. The van der Waals surface area contributed by atoms with Gasteiger partial charge in [-0.05, 0) is 37.6 Å². The van der Waals surface area contributed by atoms with Crippen LogP contribution in [0.5, 0.6) is 11.5 Å². The summed E-state index contributed by atoms with van der Waals surface area (Å²) in [6, 6.07) is 5.58. The van der Waals surface area contributed by atoms with Gasteiger partial charge in [0.1, 0.15) is 0 Å². The van der Waals surface area contributed by atoms with Crippen molar-refractivity contribution in [3.05, 3.63) is 29.8 Å². The zero-order chi connectivity index (χ0) is 13.4. The van der Waals surface area contributed by atoms with Crippen LogP contribution in [0.25, 0.3) is 6.08 Å². The first-order valence-electron chi connectivity index (χ1n) is 6.00. The monoisotopic (exact) mass is 249 g/mol. The Kier molecular flexibility index (Phi) is 5.77. The number of likely N-dealkylation sites (N-methyl/N-ethyl adjacent to an activating group) is 1. The summed E-state index contributed by atoms with van der Waals surface area (Å²) in [6.45, 7) is 5.01. The Morgan fingerprint density at radius 1 is 1.22 bits per heavy atom. The molecule has 0 aromatic heterocycles. The fraction of sp³-hybridized carbons (Fsp3) is 0.357. The van der Waals surface area contributed by atoms with Gasteiger partial charge in [-0.25, -0.2) is 0 Å². The van der Waals surface area contributed by atoms with Crippen molar-refractivity contribution < 1.29 is 14.3 Å². The van der Waals surface area contributed by atoms with Gasteiger partial charge in [-0.3, -0.25) is 4.79 Å². The third-order valence-electron chi connectivity index (χ3n) is 2.24. The Hall–Kier alpha value is -1.97. The molecule has 1 aromatic carbocycles. The highest BCUT2D eigenvalue weighted by Gasteiger charge is 2.04. The minimum absolute atomic E-state index is 0.137. The van der Waals surface area contributed by atoms with Gasteiger partial charge in [-0.1, -0.05) is 6.07 Å². The van der Waals surface area contributed by atoms with E-state index >= 15 is 0 Å². The van der Waals surface area contributed by atoms with E-state index in [1.54, 1.807) is 13.1 Å². The molecular weight excluding hydrogens is 230 g/mol. The summed E-state index contributed by atoms with van der Waals surface area (Å²) in [7, 11) is 1.59. The first kappa shape index (κ1) is 14.1. The standard InChI is InChI=1S/C14H19NO3/c1-4-17-12-8-6-11(7-9-14(16)15-3)10-13(12)18-5-2/h6-10H,4-5H2,1-3H3,(H,15,16)/b9-7+. The van der Waals surface area contributed by atoms with Crippen LogP contribution in [0.4, 0.5) is 0 Å². The van der Waals surface area contributed by atoms with Crippen molar-refractivity contribution in [3.63, 3.8) is 0 Å². The average molecular weight is 249 g/mol. The Balaban J connectivity index is 2.91. The van der Waals surface area contributed by atoms with Gasteiger partial charge in [0, 0.05) is 13.1 Å². The van der Waals surface area contributed by atoms with Crippen LogP contribution < -0.4 is 14.8 Å². The molecular formula is C14H19NO3. The van der Waals surface area contributed by atoms with Crippen molar-refractivity contribution in [2.24, 2.45) is 0 Å². The van der Waals surface area contributed by atoms with Crippen LogP contribution >= 0.6 is 0 Å². The van der Waals surface area contributed by atoms with Crippen LogP contribution in [-0.4, -0.2) is 26.2 Å². The van der Waals surface area contributed by atoms with Gasteiger partial charge in [-0.15, -0.1) is 0 Å². The van der Waals surface area contributed by atoms with Gasteiger partial charge in [0.05, 0.1) is 13.2 Å². The third-order valence-corrected chi connectivity index (χ3v) is 2.24. The summed E-state index contributed by atoms with van der Waals surface area (Å²) in [5.74, 6) is 1.27. The molecule has 0 radical (unpaired) electrons. The van der Waals surface area contributed by atoms with E-state index in [1.165, 1.54) is 6.08 Å². The van der Waals surface area contributed by atoms with Gasteiger partial charge < -0.3 is 14.8 Å². The fourth-order valence-corrected chi connectivity index (χ4v) is 1.43. The highest BCUT2D eigenvalue weighted by Crippen LogP contribution is 2.28. The lowest BCUT2D eigenvalue weighted by Gasteiger charge is -2.11. The summed E-state index contributed by atoms with van der Waals surface area (Å²) in [4.78, 5) is 11.1. The molecule has 4 nitrogen and oxygen atoms in total. The molecule has 1 N–H and O–H groups in total. The van der Waals surface area contributed by atoms with Crippen LogP contribution in [0.1, 0.15) is 19.4 Å². The Labute approximate surface area is 108 Å². The topological polar surface area (TPSA) is 47.6 Å². The second-order valence-electron chi connectivity index (χ2n) is 3.52. The van der Waals surface area contributed by atoms with Gasteiger partial charge >= 0.3 is 0 Å². The van der Waals surface area contributed by atoms with Gasteiger partial charge in [0.15, 0.2) is 11.5 Å². The van der Waals surface area contributed by atoms with Crippen molar-refractivity contribution in [3.8, 4) is 11.5 Å². The lowest BCUT2D eigenvalue weighted by molar-refractivity contribution is -0.115. The largest absolute Gasteiger partial charge is 0.490 e. The second kappa shape index (κ2) is 7.37. The number of ether oxygens (including phenoxy) is 2. The van der Waals surface area contributed by atoms with Gasteiger partial charge in [0.25, 0.3) is 0 Å². The molecule has 0 heterocycles. The molecule has 1 rings (SSSR count). The Bertz CT molecular complexity index is 427. The number of hydrogen-bond acceptors (Lipinski definition) is 3. The highest BCUT2D eigenvalue weighted by atomic mass is 16.5. The molecule has 0 aliphatic heterocycles. The molecule has 0 saturated heterocycles. The summed E-state index contributed by atoms with van der Waals surface area (Å²) in [5.41, 5.74) is 0.894. The summed E-state index contributed by atoms with van der Waals surface area (Å²) < 4.78 is 11.0. The predicted molar refractivity (Wildman–Crippen MR) is 71.9 cm³/mol. The zero-order valence-corrected chi connectivity index (χ0v) is 11.0. The first-order valence-corrected chi connectivity index (χ1v) is 6.00. The lowest BCUT2D eigenvalue weighted by Crippen LogP contribution is -2.13. The summed E-state index contributed by atoms with van der Waals surface area (Å²) >= 11 is 0. The van der Waals surface area contributed by atoms with E-state index in [4.69, 9.17) is 9.47 Å². The van der Waals surface area contributed by atoms with Crippen LogP contribution in [0.15, 0.2) is 24.3 Å². The van der Waals surface area contributed by atoms with E-state index in [0.717, 1.165) is 11.3 Å². The Morgan fingerprint density at radius 2 is 1.89 bits per heavy atom. The van der Waals surface area contributed by atoms with Crippen LogP contribution in [0.2, 0.25) is 0 Å². The number of amides is 1. The van der Waals surface area contributed by atoms with Crippen molar-refractivity contribution >= 4 is 12.0 Å². The van der Waals surface area contributed by atoms with Crippen LogP contribution in [-0.2, 0) is 4.79 Å². The van der Waals surface area contributed by atoms with E-state index in [1.807, 2.05) is 32.0 Å². The molecule has 0 bridgehead atoms. The third kappa shape index (κ3) is 4.13. The van der Waals surface area contributed by atoms with Crippen molar-refractivity contribution in [2.45, 2.75) is 13.8 Å². The average Bonchev–Trinajstić information content (AvgIpc) is 2.39. The van der Waals surface area contributed by atoms with Crippen LogP contribution in [0.3, 0.4) is 0 Å². The number of nitrogens with one attached hydrogen (secondary N) is 1. The second-order valence-corrected chi connectivity index (χ2v) is 3.52.